The van der Waals surface area contributed by atoms with Gasteiger partial charge in [0, 0.05) is 10.9 Å². The van der Waals surface area contributed by atoms with Gasteiger partial charge in [0.2, 0.25) is 0 Å². The number of hydrogen-bond acceptors (Lipinski definition) is 4. The minimum absolute atomic E-state index is 0.0366. The molecule has 0 bridgehead atoms. The lowest BCUT2D eigenvalue weighted by Gasteiger charge is -2.23. The van der Waals surface area contributed by atoms with Gasteiger partial charge in [-0.3, -0.25) is 4.79 Å². The number of carboxylic acid groups (broad SMARTS) is 1. The van der Waals surface area contributed by atoms with Gasteiger partial charge >= 0.3 is 5.97 Å². The number of aliphatic carboxylic acids is 1. The van der Waals surface area contributed by atoms with Gasteiger partial charge in [0.05, 0.1) is 12.5 Å². The van der Waals surface area contributed by atoms with Gasteiger partial charge < -0.3 is 19.3 Å². The molecule has 2 aromatic carbocycles. The number of hydrogen-bond donors (Lipinski definition) is 1. The van der Waals surface area contributed by atoms with E-state index >= 15 is 0 Å². The normalized spacial score (nSPS) is 28.0. The van der Waals surface area contributed by atoms with Gasteiger partial charge in [-0.25, -0.2) is 0 Å². The molecule has 2 aliphatic rings. The van der Waals surface area contributed by atoms with Crippen molar-refractivity contribution in [1.29, 1.82) is 0 Å². The number of fused-ring (bicyclic) bond motifs is 1. The first-order valence-corrected chi connectivity index (χ1v) is 9.96. The van der Waals surface area contributed by atoms with Gasteiger partial charge in [0.15, 0.2) is 12.1 Å². The van der Waals surface area contributed by atoms with Crippen LogP contribution in [-0.2, 0) is 19.0 Å². The zero-order chi connectivity index (χ0) is 20.6. The van der Waals surface area contributed by atoms with Crippen molar-refractivity contribution in [1.82, 2.24) is 0 Å². The molecule has 4 atom stereocenters. The Labute approximate surface area is 174 Å². The molecule has 1 N–H and O–H groups in total. The van der Waals surface area contributed by atoms with E-state index in [1.54, 1.807) is 13.8 Å². The third kappa shape index (κ3) is 4.54. The lowest BCUT2D eigenvalue weighted by Crippen LogP contribution is -2.31. The maximum Gasteiger partial charge on any atom is 0.303 e. The van der Waals surface area contributed by atoms with Crippen LogP contribution in [0.2, 0.25) is 5.02 Å². The van der Waals surface area contributed by atoms with Crippen molar-refractivity contribution in [2.75, 3.05) is 0 Å². The third-order valence-corrected chi connectivity index (χ3v) is 5.45. The van der Waals surface area contributed by atoms with E-state index < -0.39 is 18.0 Å². The smallest absolute Gasteiger partial charge is 0.303 e. The van der Waals surface area contributed by atoms with Gasteiger partial charge in [-0.05, 0) is 42.7 Å². The Balaban J connectivity index is 1.47. The summed E-state index contributed by atoms with van der Waals surface area (Å²) in [6.45, 7) is 3.61. The van der Waals surface area contributed by atoms with Gasteiger partial charge in [0.25, 0.3) is 0 Å². The third-order valence-electron chi connectivity index (χ3n) is 5.20. The first-order valence-electron chi connectivity index (χ1n) is 9.58. The van der Waals surface area contributed by atoms with Crippen molar-refractivity contribution in [3.05, 3.63) is 65.2 Å². The van der Waals surface area contributed by atoms with Crippen LogP contribution in [0.1, 0.15) is 25.8 Å². The van der Waals surface area contributed by atoms with E-state index in [1.807, 2.05) is 60.7 Å². The highest BCUT2D eigenvalue weighted by Crippen LogP contribution is 2.42. The maximum atomic E-state index is 11.3. The predicted molar refractivity (Wildman–Crippen MR) is 110 cm³/mol. The fourth-order valence-corrected chi connectivity index (χ4v) is 3.98. The summed E-state index contributed by atoms with van der Waals surface area (Å²) in [4.78, 5) is 11.3. The maximum absolute atomic E-state index is 11.3. The minimum Gasteiger partial charge on any atom is -0.481 e. The number of ether oxygens (including phenoxy) is 3. The molecular formula is C23H23ClO5. The Morgan fingerprint density at radius 1 is 1.07 bits per heavy atom. The lowest BCUT2D eigenvalue weighted by molar-refractivity contribution is -0.205. The quantitative estimate of drug-likeness (QED) is 0.746. The standard InChI is InChI=1S/C23H23ClO5/c1-23(2)28-21-18(13-20(25)26)19(27-22(21)29-23)12-5-14-3-6-15(7-4-14)16-8-10-17(24)11-9-16/h3-12,18-19,21-22H,13H2,1-2H3,(H,25,26)/t18-,19-,21-,22-/m1/s1. The molecule has 2 saturated heterocycles. The second-order valence-corrected chi connectivity index (χ2v) is 8.26. The lowest BCUT2D eigenvalue weighted by atomic mass is 9.94. The van der Waals surface area contributed by atoms with E-state index in [4.69, 9.17) is 25.8 Å². The summed E-state index contributed by atoms with van der Waals surface area (Å²) >= 11 is 5.95. The van der Waals surface area contributed by atoms with Crippen LogP contribution in [0, 0.1) is 5.92 Å². The van der Waals surface area contributed by atoms with Crippen LogP contribution in [-0.4, -0.2) is 35.4 Å². The minimum atomic E-state index is -0.877. The van der Waals surface area contributed by atoms with E-state index in [0.29, 0.717) is 5.02 Å². The fourth-order valence-electron chi connectivity index (χ4n) is 3.85. The van der Waals surface area contributed by atoms with Crippen LogP contribution >= 0.6 is 11.6 Å². The molecule has 2 fully saturated rings. The zero-order valence-corrected chi connectivity index (χ0v) is 17.0. The Bertz CT molecular complexity index is 904. The summed E-state index contributed by atoms with van der Waals surface area (Å²) in [5.74, 6) is -1.94. The summed E-state index contributed by atoms with van der Waals surface area (Å²) < 4.78 is 17.6. The molecule has 2 aliphatic heterocycles. The Kier molecular flexibility index (Phi) is 5.49. The molecule has 29 heavy (non-hydrogen) atoms. The van der Waals surface area contributed by atoms with Crippen LogP contribution in [0.25, 0.3) is 17.2 Å². The van der Waals surface area contributed by atoms with E-state index in [-0.39, 0.29) is 24.5 Å². The molecular weight excluding hydrogens is 392 g/mol. The Morgan fingerprint density at radius 3 is 2.31 bits per heavy atom. The van der Waals surface area contributed by atoms with Gasteiger partial charge in [0.1, 0.15) is 6.10 Å². The molecule has 0 radical (unpaired) electrons. The molecule has 4 rings (SSSR count). The first kappa shape index (κ1) is 20.1. The van der Waals surface area contributed by atoms with Crippen LogP contribution in [0.3, 0.4) is 0 Å². The molecule has 0 unspecified atom stereocenters. The molecule has 0 aromatic heterocycles. The van der Waals surface area contributed by atoms with Gasteiger partial charge in [-0.2, -0.15) is 0 Å². The average molecular weight is 415 g/mol. The molecule has 5 nitrogen and oxygen atoms in total. The van der Waals surface area contributed by atoms with Crippen LogP contribution in [0.5, 0.6) is 0 Å². The van der Waals surface area contributed by atoms with Crippen molar-refractivity contribution in [2.24, 2.45) is 5.92 Å². The van der Waals surface area contributed by atoms with Crippen molar-refractivity contribution in [3.8, 4) is 11.1 Å². The summed E-state index contributed by atoms with van der Waals surface area (Å²) in [5.41, 5.74) is 3.19. The molecule has 2 aromatic rings. The SMILES string of the molecule is CC1(C)O[C@H]2O[C@H](C=Cc3ccc(-c4ccc(Cl)cc4)cc3)[C@@H](CC(=O)O)[C@H]2O1. The Morgan fingerprint density at radius 2 is 1.69 bits per heavy atom. The molecule has 0 aliphatic carbocycles. The highest BCUT2D eigenvalue weighted by Gasteiger charge is 2.54. The first-order chi connectivity index (χ1) is 13.8. The summed E-state index contributed by atoms with van der Waals surface area (Å²) in [5, 5.41) is 10.0. The number of carboxylic acids is 1. The number of carbonyl (C=O) groups is 1. The van der Waals surface area contributed by atoms with Crippen molar-refractivity contribution < 1.29 is 24.1 Å². The van der Waals surface area contributed by atoms with Crippen molar-refractivity contribution >= 4 is 23.6 Å². The molecule has 6 heteroatoms. The van der Waals surface area contributed by atoms with Crippen molar-refractivity contribution in [3.63, 3.8) is 0 Å². The average Bonchev–Trinajstić information content (AvgIpc) is 3.13. The summed E-state index contributed by atoms with van der Waals surface area (Å²) in [7, 11) is 0. The van der Waals surface area contributed by atoms with E-state index in [1.165, 1.54) is 0 Å². The second-order valence-electron chi connectivity index (χ2n) is 7.82. The molecule has 2 heterocycles. The van der Waals surface area contributed by atoms with Gasteiger partial charge in [-0.1, -0.05) is 60.2 Å². The fraction of sp³-hybridized carbons (Fsp3) is 0.348. The number of rotatable bonds is 5. The molecule has 0 saturated carbocycles. The Hall–Kier alpha value is -2.18. The van der Waals surface area contributed by atoms with E-state index in [0.717, 1.165) is 16.7 Å². The van der Waals surface area contributed by atoms with Crippen LogP contribution < -0.4 is 0 Å². The largest absolute Gasteiger partial charge is 0.481 e. The molecule has 152 valence electrons. The van der Waals surface area contributed by atoms with E-state index in [9.17, 15) is 9.90 Å². The summed E-state index contributed by atoms with van der Waals surface area (Å²) in [6.07, 6.45) is 2.48. The second kappa shape index (κ2) is 7.92. The number of benzene rings is 2. The van der Waals surface area contributed by atoms with E-state index in [2.05, 4.69) is 0 Å². The van der Waals surface area contributed by atoms with Gasteiger partial charge in [-0.15, -0.1) is 0 Å². The van der Waals surface area contributed by atoms with Crippen LogP contribution in [0.4, 0.5) is 0 Å². The summed E-state index contributed by atoms with van der Waals surface area (Å²) in [6, 6.07) is 15.8. The molecule has 0 amide bonds. The highest BCUT2D eigenvalue weighted by atomic mass is 35.5. The van der Waals surface area contributed by atoms with Crippen LogP contribution in [0.15, 0.2) is 54.6 Å². The molecule has 0 spiro atoms. The monoisotopic (exact) mass is 414 g/mol. The topological polar surface area (TPSA) is 65.0 Å². The highest BCUT2D eigenvalue weighted by molar-refractivity contribution is 6.30. The predicted octanol–water partition coefficient (Wildman–Crippen LogP) is 4.99. The van der Waals surface area contributed by atoms with Crippen molar-refractivity contribution in [2.45, 2.75) is 44.6 Å². The number of halogens is 1. The zero-order valence-electron chi connectivity index (χ0n) is 16.2.